The smallest absolute Gasteiger partial charge is 0.256 e. The largest absolute Gasteiger partial charge is 0.345 e. The number of rotatable bonds is 5. The predicted octanol–water partition coefficient (Wildman–Crippen LogP) is 4.17. The van der Waals surface area contributed by atoms with Crippen LogP contribution in [-0.4, -0.2) is 56.1 Å². The summed E-state index contributed by atoms with van der Waals surface area (Å²) in [7, 11) is -0.450. The number of halogens is 1. The van der Waals surface area contributed by atoms with Gasteiger partial charge >= 0.3 is 0 Å². The highest BCUT2D eigenvalue weighted by Crippen LogP contribution is 2.28. The topological polar surface area (TPSA) is 86.8 Å². The van der Waals surface area contributed by atoms with E-state index >= 15 is 0 Å². The van der Waals surface area contributed by atoms with Gasteiger partial charge in [0.25, 0.3) is 11.8 Å². The van der Waals surface area contributed by atoms with E-state index in [2.05, 4.69) is 5.32 Å². The molecule has 0 spiro atoms. The average Bonchev–Trinajstić information content (AvgIpc) is 2.75. The summed E-state index contributed by atoms with van der Waals surface area (Å²) in [4.78, 5) is 26.8. The fourth-order valence-corrected chi connectivity index (χ4v) is 5.66. The van der Waals surface area contributed by atoms with Crippen molar-refractivity contribution in [1.29, 1.82) is 0 Å². The first-order chi connectivity index (χ1) is 15.0. The Balaban J connectivity index is 1.92. The summed E-state index contributed by atoms with van der Waals surface area (Å²) in [6.45, 7) is 4.12. The number of benzene rings is 2. The summed E-state index contributed by atoms with van der Waals surface area (Å²) in [6, 6.07) is 9.12. The van der Waals surface area contributed by atoms with Crippen LogP contribution in [0.2, 0.25) is 5.02 Å². The van der Waals surface area contributed by atoms with Crippen molar-refractivity contribution in [2.24, 2.45) is 0 Å². The zero-order valence-corrected chi connectivity index (χ0v) is 20.3. The molecule has 2 aromatic carbocycles. The molecule has 32 heavy (non-hydrogen) atoms. The molecule has 2 amide bonds. The summed E-state index contributed by atoms with van der Waals surface area (Å²) in [5.41, 5.74) is 1.52. The minimum Gasteiger partial charge on any atom is -0.345 e. The predicted molar refractivity (Wildman–Crippen MR) is 126 cm³/mol. The normalized spacial score (nSPS) is 17.1. The first-order valence-corrected chi connectivity index (χ1v) is 12.3. The molecule has 9 heteroatoms. The molecule has 2 aromatic rings. The third-order valence-electron chi connectivity index (χ3n) is 5.67. The molecular formula is C23H28ClN3O4S. The molecule has 0 aliphatic carbocycles. The van der Waals surface area contributed by atoms with Crippen molar-refractivity contribution in [3.63, 3.8) is 0 Å². The van der Waals surface area contributed by atoms with Gasteiger partial charge in [-0.15, -0.1) is 0 Å². The third kappa shape index (κ3) is 4.98. The lowest BCUT2D eigenvalue weighted by molar-refractivity contribution is 0.0827. The molecular weight excluding hydrogens is 450 g/mol. The highest BCUT2D eigenvalue weighted by Gasteiger charge is 2.31. The van der Waals surface area contributed by atoms with E-state index in [1.807, 2.05) is 6.92 Å². The lowest BCUT2D eigenvalue weighted by atomic mass is 10.1. The lowest BCUT2D eigenvalue weighted by Gasteiger charge is -2.32. The molecule has 7 nitrogen and oxygen atoms in total. The quantitative estimate of drug-likeness (QED) is 0.700. The Hall–Kier alpha value is -2.42. The van der Waals surface area contributed by atoms with Gasteiger partial charge < -0.3 is 10.2 Å². The molecule has 1 atom stereocenters. The summed E-state index contributed by atoms with van der Waals surface area (Å²) in [5, 5.41) is 2.99. The van der Waals surface area contributed by atoms with Crippen LogP contribution in [0.1, 0.15) is 52.5 Å². The van der Waals surface area contributed by atoms with E-state index in [9.17, 15) is 18.0 Å². The molecule has 1 N–H and O–H groups in total. The van der Waals surface area contributed by atoms with Gasteiger partial charge in [-0.25, -0.2) is 8.42 Å². The number of amides is 2. The number of nitrogens with one attached hydrogen (secondary N) is 1. The summed E-state index contributed by atoms with van der Waals surface area (Å²) in [5.74, 6) is -0.723. The Labute approximate surface area is 194 Å². The molecule has 1 aliphatic heterocycles. The van der Waals surface area contributed by atoms with Gasteiger partial charge in [0.2, 0.25) is 10.0 Å². The number of sulfonamides is 1. The second-order valence-corrected chi connectivity index (χ2v) is 10.6. The zero-order chi connectivity index (χ0) is 23.6. The molecule has 0 saturated carbocycles. The van der Waals surface area contributed by atoms with Crippen LogP contribution in [0.25, 0.3) is 0 Å². The number of anilines is 1. The number of hydrogen-bond donors (Lipinski definition) is 1. The molecule has 1 saturated heterocycles. The molecule has 1 aliphatic rings. The fourth-order valence-electron chi connectivity index (χ4n) is 3.77. The maximum absolute atomic E-state index is 13.2. The highest BCUT2D eigenvalue weighted by atomic mass is 35.5. The maximum Gasteiger partial charge on any atom is 0.256 e. The maximum atomic E-state index is 13.2. The van der Waals surface area contributed by atoms with Gasteiger partial charge in [-0.3, -0.25) is 9.59 Å². The van der Waals surface area contributed by atoms with Crippen molar-refractivity contribution >= 4 is 39.1 Å². The molecule has 0 aromatic heterocycles. The third-order valence-corrected chi connectivity index (χ3v) is 8.01. The van der Waals surface area contributed by atoms with Crippen molar-refractivity contribution in [2.75, 3.05) is 26.0 Å². The van der Waals surface area contributed by atoms with Crippen LogP contribution in [0.4, 0.5) is 5.69 Å². The van der Waals surface area contributed by atoms with Crippen molar-refractivity contribution in [3.05, 3.63) is 58.1 Å². The molecule has 1 heterocycles. The van der Waals surface area contributed by atoms with Crippen molar-refractivity contribution in [3.8, 4) is 0 Å². The van der Waals surface area contributed by atoms with Crippen LogP contribution in [-0.2, 0) is 10.0 Å². The first-order valence-electron chi connectivity index (χ1n) is 10.5. The van der Waals surface area contributed by atoms with Gasteiger partial charge in [0.1, 0.15) is 0 Å². The molecule has 1 unspecified atom stereocenters. The van der Waals surface area contributed by atoms with E-state index in [1.54, 1.807) is 39.2 Å². The van der Waals surface area contributed by atoms with E-state index < -0.39 is 15.9 Å². The summed E-state index contributed by atoms with van der Waals surface area (Å²) >= 11 is 6.23. The van der Waals surface area contributed by atoms with Gasteiger partial charge in [-0.05, 0) is 62.6 Å². The Kier molecular flexibility index (Phi) is 7.27. The Morgan fingerprint density at radius 2 is 1.84 bits per heavy atom. The zero-order valence-electron chi connectivity index (χ0n) is 18.7. The van der Waals surface area contributed by atoms with Crippen molar-refractivity contribution < 1.29 is 18.0 Å². The van der Waals surface area contributed by atoms with E-state index in [0.717, 1.165) is 19.3 Å². The Morgan fingerprint density at radius 3 is 2.50 bits per heavy atom. The van der Waals surface area contributed by atoms with E-state index in [4.69, 9.17) is 11.6 Å². The van der Waals surface area contributed by atoms with Crippen LogP contribution < -0.4 is 5.32 Å². The minimum absolute atomic E-state index is 0.0805. The summed E-state index contributed by atoms with van der Waals surface area (Å²) in [6.07, 6.45) is 2.65. The Bertz CT molecular complexity index is 1150. The van der Waals surface area contributed by atoms with Crippen molar-refractivity contribution in [1.82, 2.24) is 9.21 Å². The number of aryl methyl sites for hydroxylation is 1. The van der Waals surface area contributed by atoms with Crippen LogP contribution in [0.5, 0.6) is 0 Å². The Morgan fingerprint density at radius 1 is 1.12 bits per heavy atom. The van der Waals surface area contributed by atoms with E-state index in [-0.39, 0.29) is 33.1 Å². The highest BCUT2D eigenvalue weighted by molar-refractivity contribution is 7.89. The molecule has 0 radical (unpaired) electrons. The SMILES string of the molecule is Cc1ccc(S(=O)(=O)N2CCCCC2C)cc1C(=O)Nc1cc(C(=O)N(C)C)ccc1Cl. The van der Waals surface area contributed by atoms with E-state index in [0.29, 0.717) is 17.7 Å². The molecule has 1 fully saturated rings. The number of hydrogen-bond acceptors (Lipinski definition) is 4. The number of nitrogens with zero attached hydrogens (tertiary/aromatic N) is 2. The van der Waals surface area contributed by atoms with Crippen LogP contribution in [0.15, 0.2) is 41.3 Å². The average molecular weight is 478 g/mol. The van der Waals surface area contributed by atoms with Crippen molar-refractivity contribution in [2.45, 2.75) is 44.0 Å². The van der Waals surface area contributed by atoms with Gasteiger partial charge in [-0.2, -0.15) is 4.31 Å². The molecule has 3 rings (SSSR count). The second kappa shape index (κ2) is 9.60. The van der Waals surface area contributed by atoms with E-state index in [1.165, 1.54) is 27.4 Å². The second-order valence-electron chi connectivity index (χ2n) is 8.29. The molecule has 172 valence electrons. The number of carbonyl (C=O) groups excluding carboxylic acids is 2. The van der Waals surface area contributed by atoms with Gasteiger partial charge in [0.05, 0.1) is 15.6 Å². The van der Waals surface area contributed by atoms with Gasteiger partial charge in [0.15, 0.2) is 0 Å². The van der Waals surface area contributed by atoms with Crippen LogP contribution in [0.3, 0.4) is 0 Å². The number of carbonyl (C=O) groups is 2. The van der Waals surface area contributed by atoms with Gasteiger partial charge in [0, 0.05) is 37.8 Å². The van der Waals surface area contributed by atoms with Crippen LogP contribution >= 0.6 is 11.6 Å². The standard InChI is InChI=1S/C23H28ClN3O4S/c1-15-8-10-18(32(30,31)27-12-6-5-7-16(27)2)14-19(15)22(28)25-21-13-17(9-11-20(21)24)23(29)26(3)4/h8-11,13-14,16H,5-7,12H2,1-4H3,(H,25,28). The van der Waals surface area contributed by atoms with Gasteiger partial charge in [-0.1, -0.05) is 24.1 Å². The summed E-state index contributed by atoms with van der Waals surface area (Å²) < 4.78 is 27.9. The van der Waals surface area contributed by atoms with Crippen LogP contribution in [0, 0.1) is 6.92 Å². The first kappa shape index (κ1) is 24.2. The molecule has 0 bridgehead atoms. The minimum atomic E-state index is -3.72. The monoisotopic (exact) mass is 477 g/mol. The number of piperidine rings is 1. The fraction of sp³-hybridized carbons (Fsp3) is 0.391. The lowest BCUT2D eigenvalue weighted by Crippen LogP contribution is -2.42.